The van der Waals surface area contributed by atoms with Crippen molar-refractivity contribution in [2.24, 2.45) is 0 Å². The van der Waals surface area contributed by atoms with E-state index in [1.54, 1.807) is 22.9 Å². The molecule has 1 unspecified atom stereocenters. The second-order valence-corrected chi connectivity index (χ2v) is 7.08. The fraction of sp³-hybridized carbons (Fsp3) is 0.381. The lowest BCUT2D eigenvalue weighted by molar-refractivity contribution is 0.257. The van der Waals surface area contributed by atoms with Crippen molar-refractivity contribution in [2.45, 2.75) is 32.5 Å². The highest BCUT2D eigenvalue weighted by Gasteiger charge is 2.28. The standard InChI is InChI=1S/C21H24FN5O2/c1-2-29-20-8-7-15(11-23-20)12-26-10-9-16(13-26)27-19(14-28)21(24-25-27)17-5-3-4-6-18(17)22/h3-8,11,16,28H,2,9-10,12-14H2,1H3. The Bertz CT molecular complexity index is 960. The van der Waals surface area contributed by atoms with Crippen molar-refractivity contribution >= 4 is 0 Å². The van der Waals surface area contributed by atoms with Crippen LogP contribution in [0.5, 0.6) is 5.88 Å². The lowest BCUT2D eigenvalue weighted by Crippen LogP contribution is -2.22. The number of hydrogen-bond acceptors (Lipinski definition) is 6. The van der Waals surface area contributed by atoms with Crippen LogP contribution in [0.4, 0.5) is 4.39 Å². The van der Waals surface area contributed by atoms with Gasteiger partial charge in [0.2, 0.25) is 5.88 Å². The third kappa shape index (κ3) is 4.13. The number of nitrogens with zero attached hydrogens (tertiary/aromatic N) is 5. The van der Waals surface area contributed by atoms with Gasteiger partial charge < -0.3 is 9.84 Å². The molecule has 1 aliphatic rings. The summed E-state index contributed by atoms with van der Waals surface area (Å²) < 4.78 is 21.3. The maximum atomic E-state index is 14.2. The second kappa shape index (κ2) is 8.67. The minimum absolute atomic E-state index is 0.0841. The number of hydrogen-bond donors (Lipinski definition) is 1. The first-order valence-electron chi connectivity index (χ1n) is 9.79. The molecule has 0 radical (unpaired) electrons. The third-order valence-electron chi connectivity index (χ3n) is 5.16. The fourth-order valence-electron chi connectivity index (χ4n) is 3.77. The second-order valence-electron chi connectivity index (χ2n) is 7.08. The number of halogens is 1. The molecule has 8 heteroatoms. The highest BCUT2D eigenvalue weighted by atomic mass is 19.1. The molecule has 1 saturated heterocycles. The van der Waals surface area contributed by atoms with Crippen molar-refractivity contribution in [3.8, 4) is 17.1 Å². The van der Waals surface area contributed by atoms with Crippen LogP contribution in [0.3, 0.4) is 0 Å². The molecule has 2 aromatic heterocycles. The first kappa shape index (κ1) is 19.5. The highest BCUT2D eigenvalue weighted by Crippen LogP contribution is 2.29. The van der Waals surface area contributed by atoms with Gasteiger partial charge in [0.15, 0.2) is 0 Å². The average Bonchev–Trinajstić information content (AvgIpc) is 3.36. The van der Waals surface area contributed by atoms with E-state index in [1.807, 2.05) is 25.3 Å². The Kier molecular flexibility index (Phi) is 5.82. The first-order valence-corrected chi connectivity index (χ1v) is 9.79. The number of aliphatic hydroxyl groups excluding tert-OH is 1. The van der Waals surface area contributed by atoms with Gasteiger partial charge in [-0.25, -0.2) is 14.1 Å². The number of aliphatic hydroxyl groups is 1. The summed E-state index contributed by atoms with van der Waals surface area (Å²) in [5.41, 5.74) is 2.42. The monoisotopic (exact) mass is 397 g/mol. The molecule has 1 aromatic carbocycles. The minimum atomic E-state index is -0.370. The number of rotatable bonds is 7. The zero-order chi connectivity index (χ0) is 20.2. The molecule has 0 saturated carbocycles. The van der Waals surface area contributed by atoms with Crippen molar-refractivity contribution in [3.05, 3.63) is 59.7 Å². The number of pyridine rings is 1. The van der Waals surface area contributed by atoms with Crippen LogP contribution in [0.25, 0.3) is 11.3 Å². The molecule has 29 heavy (non-hydrogen) atoms. The molecule has 1 N–H and O–H groups in total. The number of benzene rings is 1. The van der Waals surface area contributed by atoms with E-state index in [0.717, 1.165) is 31.6 Å². The zero-order valence-electron chi connectivity index (χ0n) is 16.3. The van der Waals surface area contributed by atoms with E-state index in [4.69, 9.17) is 4.74 Å². The van der Waals surface area contributed by atoms with Gasteiger partial charge in [-0.05, 0) is 31.0 Å². The van der Waals surface area contributed by atoms with E-state index in [1.165, 1.54) is 6.07 Å². The fourth-order valence-corrected chi connectivity index (χ4v) is 3.77. The number of likely N-dealkylation sites (tertiary alicyclic amines) is 1. The summed E-state index contributed by atoms with van der Waals surface area (Å²) in [5, 5.41) is 18.3. The van der Waals surface area contributed by atoms with E-state index in [2.05, 4.69) is 20.2 Å². The molecule has 0 spiro atoms. The van der Waals surface area contributed by atoms with Crippen LogP contribution in [0, 0.1) is 5.82 Å². The molecular weight excluding hydrogens is 373 g/mol. The molecule has 152 valence electrons. The topological polar surface area (TPSA) is 76.3 Å². The van der Waals surface area contributed by atoms with E-state index in [0.29, 0.717) is 29.4 Å². The van der Waals surface area contributed by atoms with Crippen LogP contribution in [0.2, 0.25) is 0 Å². The maximum absolute atomic E-state index is 14.2. The number of ether oxygens (including phenoxy) is 1. The van der Waals surface area contributed by atoms with Crippen LogP contribution >= 0.6 is 0 Å². The van der Waals surface area contributed by atoms with Gasteiger partial charge in [-0.3, -0.25) is 4.90 Å². The SMILES string of the molecule is CCOc1ccc(CN2CCC(n3nnc(-c4ccccc4F)c3CO)C2)cn1. The molecule has 0 bridgehead atoms. The van der Waals surface area contributed by atoms with Crippen molar-refractivity contribution < 1.29 is 14.2 Å². The smallest absolute Gasteiger partial charge is 0.213 e. The largest absolute Gasteiger partial charge is 0.478 e. The van der Waals surface area contributed by atoms with Gasteiger partial charge in [-0.15, -0.1) is 5.10 Å². The van der Waals surface area contributed by atoms with Crippen molar-refractivity contribution in [1.82, 2.24) is 24.9 Å². The molecule has 1 fully saturated rings. The minimum Gasteiger partial charge on any atom is -0.478 e. The van der Waals surface area contributed by atoms with Crippen LogP contribution in [0.1, 0.15) is 30.6 Å². The maximum Gasteiger partial charge on any atom is 0.213 e. The Labute approximate surface area is 168 Å². The summed E-state index contributed by atoms with van der Waals surface area (Å²) in [7, 11) is 0. The molecule has 0 aliphatic carbocycles. The summed E-state index contributed by atoms with van der Waals surface area (Å²) in [6.07, 6.45) is 2.72. The Hall–Kier alpha value is -2.84. The molecular formula is C21H24FN5O2. The van der Waals surface area contributed by atoms with E-state index < -0.39 is 0 Å². The Balaban J connectivity index is 1.47. The molecule has 4 rings (SSSR count). The lowest BCUT2D eigenvalue weighted by Gasteiger charge is -2.17. The normalized spacial score (nSPS) is 17.0. The average molecular weight is 397 g/mol. The lowest BCUT2D eigenvalue weighted by atomic mass is 10.1. The van der Waals surface area contributed by atoms with Gasteiger partial charge >= 0.3 is 0 Å². The summed E-state index contributed by atoms with van der Waals surface area (Å²) >= 11 is 0. The van der Waals surface area contributed by atoms with Gasteiger partial charge in [0, 0.05) is 37.5 Å². The summed E-state index contributed by atoms with van der Waals surface area (Å²) in [6, 6.07) is 10.4. The van der Waals surface area contributed by atoms with Gasteiger partial charge in [-0.2, -0.15) is 0 Å². The Morgan fingerprint density at radius 3 is 2.83 bits per heavy atom. The predicted octanol–water partition coefficient (Wildman–Crippen LogP) is 2.82. The van der Waals surface area contributed by atoms with Crippen LogP contribution in [-0.2, 0) is 13.2 Å². The summed E-state index contributed by atoms with van der Waals surface area (Å²) in [5.74, 6) is 0.261. The molecule has 7 nitrogen and oxygen atoms in total. The van der Waals surface area contributed by atoms with Gasteiger partial charge in [0.25, 0.3) is 0 Å². The quantitative estimate of drug-likeness (QED) is 0.661. The van der Waals surface area contributed by atoms with Crippen LogP contribution < -0.4 is 4.74 Å². The molecule has 3 aromatic rings. The molecule has 1 atom stereocenters. The van der Waals surface area contributed by atoms with Crippen molar-refractivity contribution in [3.63, 3.8) is 0 Å². The number of aromatic nitrogens is 4. The van der Waals surface area contributed by atoms with E-state index in [-0.39, 0.29) is 18.5 Å². The van der Waals surface area contributed by atoms with Crippen LogP contribution in [0.15, 0.2) is 42.6 Å². The van der Waals surface area contributed by atoms with Crippen molar-refractivity contribution in [2.75, 3.05) is 19.7 Å². The molecule has 3 heterocycles. The van der Waals surface area contributed by atoms with E-state index in [9.17, 15) is 9.50 Å². The van der Waals surface area contributed by atoms with Crippen molar-refractivity contribution in [1.29, 1.82) is 0 Å². The first-order chi connectivity index (χ1) is 14.2. The predicted molar refractivity (Wildman–Crippen MR) is 106 cm³/mol. The highest BCUT2D eigenvalue weighted by molar-refractivity contribution is 5.61. The third-order valence-corrected chi connectivity index (χ3v) is 5.16. The van der Waals surface area contributed by atoms with Gasteiger partial charge in [0.1, 0.15) is 11.5 Å². The molecule has 1 aliphatic heterocycles. The molecule has 0 amide bonds. The zero-order valence-corrected chi connectivity index (χ0v) is 16.3. The van der Waals surface area contributed by atoms with E-state index >= 15 is 0 Å². The summed E-state index contributed by atoms with van der Waals surface area (Å²) in [4.78, 5) is 6.63. The van der Waals surface area contributed by atoms with Crippen LogP contribution in [-0.4, -0.2) is 49.7 Å². The Morgan fingerprint density at radius 1 is 1.24 bits per heavy atom. The van der Waals surface area contributed by atoms with Gasteiger partial charge in [-0.1, -0.05) is 23.4 Å². The summed E-state index contributed by atoms with van der Waals surface area (Å²) in [6.45, 7) is 4.75. The van der Waals surface area contributed by atoms with Gasteiger partial charge in [0.05, 0.1) is 24.9 Å². The Morgan fingerprint density at radius 2 is 2.10 bits per heavy atom.